The molecule has 3 aromatic carbocycles. The number of para-hydroxylation sites is 3. The first-order valence-corrected chi connectivity index (χ1v) is 8.11. The number of ketones is 1. The fourth-order valence-corrected chi connectivity index (χ4v) is 2.69. The van der Waals surface area contributed by atoms with Crippen molar-refractivity contribution in [3.63, 3.8) is 0 Å². The molecular weight excluding hydrogens is 328 g/mol. The van der Waals surface area contributed by atoms with Gasteiger partial charge in [-0.3, -0.25) is 4.79 Å². The molecule has 132 valence electrons. The summed E-state index contributed by atoms with van der Waals surface area (Å²) in [6, 6.07) is 20.0. The van der Waals surface area contributed by atoms with Gasteiger partial charge in [0.25, 0.3) is 0 Å². The van der Waals surface area contributed by atoms with Gasteiger partial charge in [0.2, 0.25) is 0 Å². The van der Waals surface area contributed by atoms with Crippen molar-refractivity contribution >= 4 is 22.8 Å². The van der Waals surface area contributed by atoms with Gasteiger partial charge in [-0.2, -0.15) is 0 Å². The van der Waals surface area contributed by atoms with Crippen molar-refractivity contribution in [2.24, 2.45) is 0 Å². The molecule has 5 heteroatoms. The molecule has 0 aliphatic rings. The van der Waals surface area contributed by atoms with Crippen molar-refractivity contribution in [3.05, 3.63) is 77.9 Å². The Labute approximate surface area is 152 Å². The second-order valence-electron chi connectivity index (χ2n) is 5.66. The lowest BCUT2D eigenvalue weighted by atomic mass is 10.0. The van der Waals surface area contributed by atoms with Crippen molar-refractivity contribution in [1.29, 1.82) is 0 Å². The van der Waals surface area contributed by atoms with Gasteiger partial charge in [-0.05, 0) is 48.5 Å². The Morgan fingerprint density at radius 2 is 1.62 bits per heavy atom. The van der Waals surface area contributed by atoms with Gasteiger partial charge >= 0.3 is 0 Å². The zero-order chi connectivity index (χ0) is 18.5. The summed E-state index contributed by atoms with van der Waals surface area (Å²) in [6.07, 6.45) is 0. The summed E-state index contributed by atoms with van der Waals surface area (Å²) < 4.78 is 10.6. The molecule has 0 fully saturated rings. The molecule has 0 heterocycles. The number of ether oxygens (including phenoxy) is 2. The second kappa shape index (κ2) is 7.61. The molecule has 0 amide bonds. The smallest absolute Gasteiger partial charge is 0.196 e. The maximum absolute atomic E-state index is 12.8. The molecule has 0 atom stereocenters. The van der Waals surface area contributed by atoms with E-state index in [2.05, 4.69) is 5.32 Å². The topological polar surface area (TPSA) is 73.6 Å². The van der Waals surface area contributed by atoms with E-state index < -0.39 is 0 Å². The number of hydrogen-bond donors (Lipinski definition) is 2. The number of benzene rings is 3. The molecule has 3 rings (SSSR count). The number of nitrogen functional groups attached to an aromatic ring is 1. The van der Waals surface area contributed by atoms with Crippen LogP contribution in [-0.4, -0.2) is 20.0 Å². The van der Waals surface area contributed by atoms with E-state index in [4.69, 9.17) is 15.2 Å². The average molecular weight is 348 g/mol. The van der Waals surface area contributed by atoms with Crippen molar-refractivity contribution in [3.8, 4) is 11.5 Å². The fraction of sp³-hybridized carbons (Fsp3) is 0.0952. The highest BCUT2D eigenvalue weighted by molar-refractivity contribution is 6.11. The normalized spacial score (nSPS) is 10.2. The summed E-state index contributed by atoms with van der Waals surface area (Å²) in [5, 5.41) is 3.24. The van der Waals surface area contributed by atoms with E-state index in [9.17, 15) is 4.79 Å². The van der Waals surface area contributed by atoms with E-state index in [1.165, 1.54) is 7.11 Å². The van der Waals surface area contributed by atoms with E-state index in [0.717, 1.165) is 11.4 Å². The third-order valence-corrected chi connectivity index (χ3v) is 4.03. The molecule has 0 aromatic heterocycles. The average Bonchev–Trinajstić information content (AvgIpc) is 2.69. The van der Waals surface area contributed by atoms with Crippen LogP contribution in [0.4, 0.5) is 17.1 Å². The van der Waals surface area contributed by atoms with Gasteiger partial charge in [-0.25, -0.2) is 0 Å². The first-order chi connectivity index (χ1) is 12.6. The Morgan fingerprint density at radius 1 is 0.885 bits per heavy atom. The monoisotopic (exact) mass is 348 g/mol. The quantitative estimate of drug-likeness (QED) is 0.514. The molecule has 0 bridgehead atoms. The molecule has 0 unspecified atom stereocenters. The number of nitrogens with one attached hydrogen (secondary N) is 1. The van der Waals surface area contributed by atoms with E-state index in [0.29, 0.717) is 28.3 Å². The fourth-order valence-electron chi connectivity index (χ4n) is 2.69. The van der Waals surface area contributed by atoms with Gasteiger partial charge < -0.3 is 20.5 Å². The highest BCUT2D eigenvalue weighted by Gasteiger charge is 2.17. The minimum Gasteiger partial charge on any atom is -0.493 e. The van der Waals surface area contributed by atoms with E-state index >= 15 is 0 Å². The van der Waals surface area contributed by atoms with E-state index in [-0.39, 0.29) is 5.78 Å². The Balaban J connectivity index is 1.85. The lowest BCUT2D eigenvalue weighted by molar-refractivity contribution is 0.103. The van der Waals surface area contributed by atoms with Gasteiger partial charge in [-0.1, -0.05) is 18.2 Å². The molecule has 0 aliphatic carbocycles. The van der Waals surface area contributed by atoms with Crippen LogP contribution in [0.1, 0.15) is 15.9 Å². The molecule has 3 N–H and O–H groups in total. The Kier molecular flexibility index (Phi) is 5.08. The van der Waals surface area contributed by atoms with Gasteiger partial charge in [-0.15, -0.1) is 0 Å². The van der Waals surface area contributed by atoms with Crippen LogP contribution in [0.25, 0.3) is 0 Å². The number of methoxy groups -OCH3 is 2. The van der Waals surface area contributed by atoms with Crippen molar-refractivity contribution in [2.45, 2.75) is 0 Å². The van der Waals surface area contributed by atoms with Gasteiger partial charge in [0.15, 0.2) is 17.3 Å². The molecule has 0 aliphatic heterocycles. The highest BCUT2D eigenvalue weighted by atomic mass is 16.5. The Hall–Kier alpha value is -3.47. The lowest BCUT2D eigenvalue weighted by Gasteiger charge is -2.12. The predicted octanol–water partition coefficient (Wildman–Crippen LogP) is 4.26. The Morgan fingerprint density at radius 3 is 2.27 bits per heavy atom. The van der Waals surface area contributed by atoms with Crippen LogP contribution in [0.2, 0.25) is 0 Å². The third-order valence-electron chi connectivity index (χ3n) is 4.03. The lowest BCUT2D eigenvalue weighted by Crippen LogP contribution is -2.05. The number of nitrogens with two attached hydrogens (primary N) is 1. The van der Waals surface area contributed by atoms with Crippen LogP contribution in [0.3, 0.4) is 0 Å². The summed E-state index contributed by atoms with van der Waals surface area (Å²) >= 11 is 0. The summed E-state index contributed by atoms with van der Waals surface area (Å²) in [5.41, 5.74) is 9.28. The molecule has 0 radical (unpaired) electrons. The first kappa shape index (κ1) is 17.4. The molecule has 3 aromatic rings. The van der Waals surface area contributed by atoms with Crippen LogP contribution in [-0.2, 0) is 0 Å². The maximum atomic E-state index is 12.8. The minimum absolute atomic E-state index is 0.133. The summed E-state index contributed by atoms with van der Waals surface area (Å²) in [7, 11) is 3.06. The summed E-state index contributed by atoms with van der Waals surface area (Å²) in [4.78, 5) is 12.8. The largest absolute Gasteiger partial charge is 0.493 e. The van der Waals surface area contributed by atoms with Crippen molar-refractivity contribution < 1.29 is 14.3 Å². The highest BCUT2D eigenvalue weighted by Crippen LogP contribution is 2.32. The number of hydrogen-bond acceptors (Lipinski definition) is 5. The van der Waals surface area contributed by atoms with Crippen LogP contribution in [0, 0.1) is 0 Å². The van der Waals surface area contributed by atoms with E-state index in [1.54, 1.807) is 37.4 Å². The molecule has 26 heavy (non-hydrogen) atoms. The second-order valence-corrected chi connectivity index (χ2v) is 5.66. The zero-order valence-corrected chi connectivity index (χ0v) is 14.7. The number of carbonyl (C=O) groups excluding carboxylic acids is 1. The van der Waals surface area contributed by atoms with Crippen LogP contribution in [0.5, 0.6) is 11.5 Å². The SMILES string of the molecule is COc1cccc(C(=O)c2ccc(Nc3ccccc3N)cc2)c1OC. The summed E-state index contributed by atoms with van der Waals surface area (Å²) in [5.74, 6) is 0.821. The van der Waals surface area contributed by atoms with Gasteiger partial charge in [0, 0.05) is 11.3 Å². The Bertz CT molecular complexity index is 921. The standard InChI is InChI=1S/C21H20N2O3/c1-25-19-9-5-6-16(21(19)26-2)20(24)14-10-12-15(13-11-14)23-18-8-4-3-7-17(18)22/h3-13,23H,22H2,1-2H3. The van der Waals surface area contributed by atoms with Crippen molar-refractivity contribution in [1.82, 2.24) is 0 Å². The number of anilines is 3. The molecule has 0 saturated heterocycles. The predicted molar refractivity (Wildman–Crippen MR) is 104 cm³/mol. The zero-order valence-electron chi connectivity index (χ0n) is 14.7. The molecule has 0 spiro atoms. The molecule has 5 nitrogen and oxygen atoms in total. The van der Waals surface area contributed by atoms with Crippen molar-refractivity contribution in [2.75, 3.05) is 25.3 Å². The third kappa shape index (κ3) is 3.47. The first-order valence-electron chi connectivity index (χ1n) is 8.11. The van der Waals surface area contributed by atoms with E-state index in [1.807, 2.05) is 36.4 Å². The summed E-state index contributed by atoms with van der Waals surface area (Å²) in [6.45, 7) is 0. The molecule has 0 saturated carbocycles. The number of carbonyl (C=O) groups is 1. The van der Waals surface area contributed by atoms with Crippen LogP contribution >= 0.6 is 0 Å². The minimum atomic E-state index is -0.133. The van der Waals surface area contributed by atoms with Gasteiger partial charge in [0.05, 0.1) is 31.2 Å². The van der Waals surface area contributed by atoms with Crippen LogP contribution in [0.15, 0.2) is 66.7 Å². The maximum Gasteiger partial charge on any atom is 0.196 e. The van der Waals surface area contributed by atoms with Gasteiger partial charge in [0.1, 0.15) is 0 Å². The molecular formula is C21H20N2O3. The number of rotatable bonds is 6. The van der Waals surface area contributed by atoms with Crippen LogP contribution < -0.4 is 20.5 Å².